The Bertz CT molecular complexity index is 875. The standard InChI is InChI=1S/C24H30ClN3O4/c1-19(24(30)26-11-12-27-13-15-31-16-14-27)28(17-20-7-3-2-4-8-20)23(29)18-32-22-10-6-5-9-21(22)25/h2-10,19H,11-18H2,1H3,(H,26,30)/t19-/m1/s1. The molecular formula is C24H30ClN3O4. The summed E-state index contributed by atoms with van der Waals surface area (Å²) in [6.07, 6.45) is 0. The summed E-state index contributed by atoms with van der Waals surface area (Å²) in [5, 5.41) is 3.39. The lowest BCUT2D eigenvalue weighted by atomic mass is 10.1. The number of ether oxygens (including phenoxy) is 2. The van der Waals surface area contributed by atoms with Crippen molar-refractivity contribution in [1.82, 2.24) is 15.1 Å². The molecule has 8 heteroatoms. The number of nitrogens with one attached hydrogen (secondary N) is 1. The molecule has 0 bridgehead atoms. The molecule has 0 aliphatic carbocycles. The lowest BCUT2D eigenvalue weighted by Gasteiger charge is -2.30. The Hall–Kier alpha value is -2.61. The second kappa shape index (κ2) is 12.4. The van der Waals surface area contributed by atoms with Gasteiger partial charge in [0.15, 0.2) is 6.61 Å². The topological polar surface area (TPSA) is 71.1 Å². The maximum Gasteiger partial charge on any atom is 0.261 e. The highest BCUT2D eigenvalue weighted by molar-refractivity contribution is 6.32. The number of carbonyl (C=O) groups excluding carboxylic acids is 2. The lowest BCUT2D eigenvalue weighted by molar-refractivity contribution is -0.142. The molecule has 1 fully saturated rings. The summed E-state index contributed by atoms with van der Waals surface area (Å²) in [4.78, 5) is 29.7. The normalized spacial score (nSPS) is 15.1. The molecule has 0 radical (unpaired) electrons. The first-order chi connectivity index (χ1) is 15.5. The first-order valence-corrected chi connectivity index (χ1v) is 11.2. The summed E-state index contributed by atoms with van der Waals surface area (Å²) in [5.41, 5.74) is 0.937. The first kappa shape index (κ1) is 24.0. The molecule has 1 atom stereocenters. The smallest absolute Gasteiger partial charge is 0.261 e. The van der Waals surface area contributed by atoms with Crippen molar-refractivity contribution in [3.8, 4) is 5.75 Å². The third-order valence-corrected chi connectivity index (χ3v) is 5.69. The zero-order valence-electron chi connectivity index (χ0n) is 18.3. The molecule has 1 saturated heterocycles. The highest BCUT2D eigenvalue weighted by atomic mass is 35.5. The van der Waals surface area contributed by atoms with Crippen molar-refractivity contribution < 1.29 is 19.1 Å². The van der Waals surface area contributed by atoms with Gasteiger partial charge in [-0.2, -0.15) is 0 Å². The quantitative estimate of drug-likeness (QED) is 0.591. The molecule has 1 heterocycles. The van der Waals surface area contributed by atoms with Crippen molar-refractivity contribution in [3.05, 3.63) is 65.2 Å². The second-order valence-electron chi connectivity index (χ2n) is 7.65. The zero-order valence-corrected chi connectivity index (χ0v) is 19.1. The molecule has 0 aromatic heterocycles. The zero-order chi connectivity index (χ0) is 22.8. The van der Waals surface area contributed by atoms with Crippen LogP contribution in [0.25, 0.3) is 0 Å². The number of benzene rings is 2. The number of nitrogens with zero attached hydrogens (tertiary/aromatic N) is 2. The van der Waals surface area contributed by atoms with Crippen molar-refractivity contribution in [2.24, 2.45) is 0 Å². The van der Waals surface area contributed by atoms with Gasteiger partial charge in [-0.1, -0.05) is 54.1 Å². The number of hydrogen-bond acceptors (Lipinski definition) is 5. The third kappa shape index (κ3) is 7.22. The van der Waals surface area contributed by atoms with Gasteiger partial charge in [0.25, 0.3) is 5.91 Å². The molecule has 1 aliphatic rings. The van der Waals surface area contributed by atoms with Crippen LogP contribution in [0, 0.1) is 0 Å². The SMILES string of the molecule is C[C@H](C(=O)NCCN1CCOCC1)N(Cc1ccccc1)C(=O)COc1ccccc1Cl. The molecule has 32 heavy (non-hydrogen) atoms. The second-order valence-corrected chi connectivity index (χ2v) is 8.05. The van der Waals surface area contributed by atoms with Gasteiger partial charge in [-0.25, -0.2) is 0 Å². The average Bonchev–Trinajstić information content (AvgIpc) is 2.82. The van der Waals surface area contributed by atoms with Crippen molar-refractivity contribution in [1.29, 1.82) is 0 Å². The van der Waals surface area contributed by atoms with E-state index in [0.29, 0.717) is 23.9 Å². The van der Waals surface area contributed by atoms with E-state index in [-0.39, 0.29) is 18.4 Å². The summed E-state index contributed by atoms with van der Waals surface area (Å²) in [5.74, 6) is -0.0466. The summed E-state index contributed by atoms with van der Waals surface area (Å²) in [6, 6.07) is 15.9. The monoisotopic (exact) mass is 459 g/mol. The van der Waals surface area contributed by atoms with Gasteiger partial charge in [0, 0.05) is 32.7 Å². The third-order valence-electron chi connectivity index (χ3n) is 5.38. The summed E-state index contributed by atoms with van der Waals surface area (Å²) in [7, 11) is 0. The Labute approximate surface area is 194 Å². The molecular weight excluding hydrogens is 430 g/mol. The van der Waals surface area contributed by atoms with Crippen LogP contribution in [0.1, 0.15) is 12.5 Å². The van der Waals surface area contributed by atoms with E-state index in [9.17, 15) is 9.59 Å². The van der Waals surface area contributed by atoms with E-state index in [4.69, 9.17) is 21.1 Å². The van der Waals surface area contributed by atoms with Gasteiger partial charge in [-0.3, -0.25) is 14.5 Å². The van der Waals surface area contributed by atoms with Crippen LogP contribution in [-0.2, 0) is 20.9 Å². The van der Waals surface area contributed by atoms with Gasteiger partial charge in [-0.05, 0) is 24.6 Å². The number of para-hydroxylation sites is 1. The molecule has 1 N–H and O–H groups in total. The predicted octanol–water partition coefficient (Wildman–Crippen LogP) is 2.58. The van der Waals surface area contributed by atoms with Gasteiger partial charge >= 0.3 is 0 Å². The van der Waals surface area contributed by atoms with Crippen LogP contribution in [0.4, 0.5) is 0 Å². The van der Waals surface area contributed by atoms with Crippen LogP contribution in [0.15, 0.2) is 54.6 Å². The fourth-order valence-corrected chi connectivity index (χ4v) is 3.65. The Morgan fingerprint density at radius 2 is 1.81 bits per heavy atom. The minimum absolute atomic E-state index is 0.194. The Morgan fingerprint density at radius 3 is 2.53 bits per heavy atom. The van der Waals surface area contributed by atoms with E-state index >= 15 is 0 Å². The highest BCUT2D eigenvalue weighted by Crippen LogP contribution is 2.23. The maximum absolute atomic E-state index is 13.1. The molecule has 7 nitrogen and oxygen atoms in total. The molecule has 2 aromatic rings. The average molecular weight is 460 g/mol. The Morgan fingerprint density at radius 1 is 1.12 bits per heavy atom. The number of rotatable bonds is 10. The van der Waals surface area contributed by atoms with Gasteiger partial charge in [-0.15, -0.1) is 0 Å². The maximum atomic E-state index is 13.1. The number of carbonyl (C=O) groups is 2. The molecule has 0 spiro atoms. The predicted molar refractivity (Wildman–Crippen MR) is 124 cm³/mol. The van der Waals surface area contributed by atoms with E-state index in [0.717, 1.165) is 38.4 Å². The van der Waals surface area contributed by atoms with Gasteiger partial charge in [0.05, 0.1) is 18.2 Å². The van der Waals surface area contributed by atoms with E-state index < -0.39 is 6.04 Å². The number of halogens is 1. The van der Waals surface area contributed by atoms with E-state index in [2.05, 4.69) is 10.2 Å². The van der Waals surface area contributed by atoms with Crippen LogP contribution in [0.3, 0.4) is 0 Å². The fraction of sp³-hybridized carbons (Fsp3) is 0.417. The minimum Gasteiger partial charge on any atom is -0.482 e. The van der Waals surface area contributed by atoms with E-state index in [1.807, 2.05) is 30.3 Å². The summed E-state index contributed by atoms with van der Waals surface area (Å²) >= 11 is 6.13. The number of morpholine rings is 1. The lowest BCUT2D eigenvalue weighted by Crippen LogP contribution is -2.50. The van der Waals surface area contributed by atoms with E-state index in [1.54, 1.807) is 31.2 Å². The number of hydrogen-bond donors (Lipinski definition) is 1. The van der Waals surface area contributed by atoms with Crippen LogP contribution < -0.4 is 10.1 Å². The van der Waals surface area contributed by atoms with Crippen molar-refractivity contribution >= 4 is 23.4 Å². The van der Waals surface area contributed by atoms with Crippen LogP contribution in [-0.4, -0.2) is 73.7 Å². The van der Waals surface area contributed by atoms with Crippen LogP contribution in [0.2, 0.25) is 5.02 Å². The van der Waals surface area contributed by atoms with Crippen molar-refractivity contribution in [2.75, 3.05) is 46.0 Å². The molecule has 1 aliphatic heterocycles. The molecule has 172 valence electrons. The molecule has 0 saturated carbocycles. The molecule has 3 rings (SSSR count). The van der Waals surface area contributed by atoms with Crippen molar-refractivity contribution in [2.45, 2.75) is 19.5 Å². The highest BCUT2D eigenvalue weighted by Gasteiger charge is 2.26. The van der Waals surface area contributed by atoms with Crippen LogP contribution in [0.5, 0.6) is 5.75 Å². The summed E-state index contributed by atoms with van der Waals surface area (Å²) < 4.78 is 11.0. The van der Waals surface area contributed by atoms with Gasteiger partial charge in [0.1, 0.15) is 11.8 Å². The van der Waals surface area contributed by atoms with Crippen molar-refractivity contribution in [3.63, 3.8) is 0 Å². The van der Waals surface area contributed by atoms with Crippen LogP contribution >= 0.6 is 11.6 Å². The van der Waals surface area contributed by atoms with Gasteiger partial charge < -0.3 is 19.7 Å². The molecule has 2 amide bonds. The van der Waals surface area contributed by atoms with Gasteiger partial charge in [0.2, 0.25) is 5.91 Å². The minimum atomic E-state index is -0.651. The molecule has 0 unspecified atom stereocenters. The fourth-order valence-electron chi connectivity index (χ4n) is 3.46. The Balaban J connectivity index is 1.60. The van der Waals surface area contributed by atoms with E-state index in [1.165, 1.54) is 4.90 Å². The number of amides is 2. The summed E-state index contributed by atoms with van der Waals surface area (Å²) in [6.45, 7) is 6.28. The largest absolute Gasteiger partial charge is 0.482 e. The molecule has 2 aromatic carbocycles. The first-order valence-electron chi connectivity index (χ1n) is 10.8. The Kier molecular flexibility index (Phi) is 9.34.